The Kier molecular flexibility index (Phi) is 3.39. The van der Waals surface area contributed by atoms with Crippen molar-refractivity contribution in [2.24, 2.45) is 0 Å². The topological polar surface area (TPSA) is 35.5 Å². The van der Waals surface area contributed by atoms with Crippen LogP contribution in [-0.2, 0) is 14.3 Å². The predicted octanol–water partition coefficient (Wildman–Crippen LogP) is 1.58. The van der Waals surface area contributed by atoms with Crippen LogP contribution in [0.25, 0.3) is 0 Å². The fourth-order valence-electron chi connectivity index (χ4n) is 1.09. The van der Waals surface area contributed by atoms with Crippen molar-refractivity contribution in [2.75, 3.05) is 12.4 Å². The van der Waals surface area contributed by atoms with Gasteiger partial charge in [0.15, 0.2) is 4.93 Å². The summed E-state index contributed by atoms with van der Waals surface area (Å²) in [5.41, 5.74) is 0. The molecule has 0 N–H and O–H groups in total. The van der Waals surface area contributed by atoms with Crippen molar-refractivity contribution >= 4 is 17.7 Å². The molecule has 2 unspecified atom stereocenters. The van der Waals surface area contributed by atoms with Gasteiger partial charge in [-0.1, -0.05) is 6.58 Å². The Labute approximate surface area is 82.5 Å². The molecule has 0 aromatic heterocycles. The number of hydrogen-bond acceptors (Lipinski definition) is 4. The second-order valence-electron chi connectivity index (χ2n) is 3.00. The molecule has 0 aliphatic carbocycles. The van der Waals surface area contributed by atoms with Crippen molar-refractivity contribution in [1.29, 1.82) is 0 Å². The second-order valence-corrected chi connectivity index (χ2v) is 4.51. The van der Waals surface area contributed by atoms with Gasteiger partial charge in [0.1, 0.15) is 6.10 Å². The minimum absolute atomic E-state index is 0.0739. The van der Waals surface area contributed by atoms with Gasteiger partial charge in [-0.25, -0.2) is 4.79 Å². The van der Waals surface area contributed by atoms with E-state index in [1.807, 2.05) is 13.8 Å². The molecule has 74 valence electrons. The minimum atomic E-state index is -0.566. The summed E-state index contributed by atoms with van der Waals surface area (Å²) in [7, 11) is 0. The molecule has 2 atom stereocenters. The number of esters is 1. The molecule has 0 radical (unpaired) electrons. The lowest BCUT2D eigenvalue weighted by atomic mass is 10.2. The first kappa shape index (κ1) is 10.6. The molecule has 1 rings (SSSR count). The van der Waals surface area contributed by atoms with Gasteiger partial charge in [0.25, 0.3) is 0 Å². The maximum absolute atomic E-state index is 11.0. The normalized spacial score (nSPS) is 33.8. The average Bonchev–Trinajstić information content (AvgIpc) is 2.10. The first-order valence-corrected chi connectivity index (χ1v) is 5.18. The lowest BCUT2D eigenvalue weighted by Gasteiger charge is -2.37. The van der Waals surface area contributed by atoms with Crippen LogP contribution in [0.5, 0.6) is 0 Å². The van der Waals surface area contributed by atoms with Crippen LogP contribution in [-0.4, -0.2) is 29.4 Å². The SMILES string of the molecule is C=CC(=O)OC1(C)SCCOC1C. The van der Waals surface area contributed by atoms with Crippen LogP contribution in [0.15, 0.2) is 12.7 Å². The van der Waals surface area contributed by atoms with Crippen LogP contribution in [0.2, 0.25) is 0 Å². The first-order chi connectivity index (χ1) is 6.08. The van der Waals surface area contributed by atoms with E-state index in [1.165, 1.54) is 6.08 Å². The van der Waals surface area contributed by atoms with Crippen molar-refractivity contribution in [3.8, 4) is 0 Å². The van der Waals surface area contributed by atoms with Crippen LogP contribution in [0.4, 0.5) is 0 Å². The molecule has 0 aromatic rings. The van der Waals surface area contributed by atoms with E-state index in [9.17, 15) is 4.79 Å². The largest absolute Gasteiger partial charge is 0.442 e. The molecule has 1 heterocycles. The molecule has 1 aliphatic rings. The van der Waals surface area contributed by atoms with Gasteiger partial charge >= 0.3 is 5.97 Å². The highest BCUT2D eigenvalue weighted by Crippen LogP contribution is 2.35. The van der Waals surface area contributed by atoms with Crippen LogP contribution in [0.3, 0.4) is 0 Å². The molecule has 1 fully saturated rings. The highest BCUT2D eigenvalue weighted by molar-refractivity contribution is 8.00. The Morgan fingerprint density at radius 2 is 2.54 bits per heavy atom. The summed E-state index contributed by atoms with van der Waals surface area (Å²) >= 11 is 1.60. The van der Waals surface area contributed by atoms with Crippen LogP contribution in [0.1, 0.15) is 13.8 Å². The monoisotopic (exact) mass is 202 g/mol. The van der Waals surface area contributed by atoms with Gasteiger partial charge in [-0.2, -0.15) is 0 Å². The molecule has 0 bridgehead atoms. The van der Waals surface area contributed by atoms with E-state index in [4.69, 9.17) is 9.47 Å². The van der Waals surface area contributed by atoms with E-state index >= 15 is 0 Å². The summed E-state index contributed by atoms with van der Waals surface area (Å²) in [4.78, 5) is 10.5. The number of carbonyl (C=O) groups is 1. The standard InChI is InChI=1S/C9H14O3S/c1-4-8(10)12-9(3)7(2)11-5-6-13-9/h4,7H,1,5-6H2,2-3H3. The van der Waals surface area contributed by atoms with Gasteiger partial charge in [0.05, 0.1) is 6.61 Å². The molecule has 0 saturated carbocycles. The zero-order valence-electron chi connectivity index (χ0n) is 7.91. The number of rotatable bonds is 2. The summed E-state index contributed by atoms with van der Waals surface area (Å²) < 4.78 is 10.6. The highest BCUT2D eigenvalue weighted by Gasteiger charge is 2.38. The summed E-state index contributed by atoms with van der Waals surface area (Å²) in [6.07, 6.45) is 1.10. The Morgan fingerprint density at radius 3 is 3.08 bits per heavy atom. The Hall–Kier alpha value is -0.480. The lowest BCUT2D eigenvalue weighted by molar-refractivity contribution is -0.154. The predicted molar refractivity (Wildman–Crippen MR) is 52.6 cm³/mol. The number of hydrogen-bond donors (Lipinski definition) is 0. The highest BCUT2D eigenvalue weighted by atomic mass is 32.2. The molecule has 0 amide bonds. The van der Waals surface area contributed by atoms with Gasteiger partial charge in [-0.05, 0) is 13.8 Å². The molecule has 1 aliphatic heterocycles. The first-order valence-electron chi connectivity index (χ1n) is 4.19. The van der Waals surface area contributed by atoms with Crippen molar-refractivity contribution in [1.82, 2.24) is 0 Å². The van der Waals surface area contributed by atoms with Crippen LogP contribution in [0, 0.1) is 0 Å². The Bertz CT molecular complexity index is 217. The maximum atomic E-state index is 11.0. The van der Waals surface area contributed by atoms with Gasteiger partial charge in [0, 0.05) is 11.8 Å². The number of ether oxygens (including phenoxy) is 2. The molecule has 0 spiro atoms. The van der Waals surface area contributed by atoms with E-state index in [0.717, 1.165) is 5.75 Å². The van der Waals surface area contributed by atoms with Crippen molar-refractivity contribution in [3.63, 3.8) is 0 Å². The van der Waals surface area contributed by atoms with E-state index in [-0.39, 0.29) is 6.10 Å². The third-order valence-electron chi connectivity index (χ3n) is 2.05. The van der Waals surface area contributed by atoms with Crippen molar-refractivity contribution < 1.29 is 14.3 Å². The third kappa shape index (κ3) is 2.48. The van der Waals surface area contributed by atoms with Gasteiger partial charge in [-0.3, -0.25) is 0 Å². The molecule has 13 heavy (non-hydrogen) atoms. The van der Waals surface area contributed by atoms with Gasteiger partial charge in [-0.15, -0.1) is 11.8 Å². The second kappa shape index (κ2) is 4.15. The van der Waals surface area contributed by atoms with E-state index in [0.29, 0.717) is 6.61 Å². The van der Waals surface area contributed by atoms with Gasteiger partial charge in [0.2, 0.25) is 0 Å². The molecule has 4 heteroatoms. The molecular formula is C9H14O3S. The smallest absolute Gasteiger partial charge is 0.331 e. The van der Waals surface area contributed by atoms with Gasteiger partial charge < -0.3 is 9.47 Å². The fraction of sp³-hybridized carbons (Fsp3) is 0.667. The zero-order chi connectivity index (χ0) is 9.90. The van der Waals surface area contributed by atoms with Crippen molar-refractivity contribution in [3.05, 3.63) is 12.7 Å². The van der Waals surface area contributed by atoms with E-state index in [1.54, 1.807) is 11.8 Å². The molecule has 1 saturated heterocycles. The third-order valence-corrected chi connectivity index (χ3v) is 3.41. The maximum Gasteiger partial charge on any atom is 0.331 e. The minimum Gasteiger partial charge on any atom is -0.442 e. The molecular weight excluding hydrogens is 188 g/mol. The molecule has 0 aromatic carbocycles. The lowest BCUT2D eigenvalue weighted by Crippen LogP contribution is -2.44. The van der Waals surface area contributed by atoms with E-state index < -0.39 is 10.9 Å². The Balaban J connectivity index is 2.61. The molecule has 3 nitrogen and oxygen atoms in total. The quantitative estimate of drug-likeness (QED) is 0.503. The van der Waals surface area contributed by atoms with Crippen LogP contribution < -0.4 is 0 Å². The Morgan fingerprint density at radius 1 is 1.85 bits per heavy atom. The summed E-state index contributed by atoms with van der Waals surface area (Å²) in [6.45, 7) is 7.84. The zero-order valence-corrected chi connectivity index (χ0v) is 8.73. The summed E-state index contributed by atoms with van der Waals surface area (Å²) in [5.74, 6) is 0.456. The van der Waals surface area contributed by atoms with Crippen LogP contribution >= 0.6 is 11.8 Å². The average molecular weight is 202 g/mol. The van der Waals surface area contributed by atoms with Crippen molar-refractivity contribution in [2.45, 2.75) is 24.9 Å². The van der Waals surface area contributed by atoms with E-state index in [2.05, 4.69) is 6.58 Å². The number of thioether (sulfide) groups is 1. The fourth-order valence-corrected chi connectivity index (χ4v) is 2.12. The summed E-state index contributed by atoms with van der Waals surface area (Å²) in [5, 5.41) is 0. The number of carbonyl (C=O) groups excluding carboxylic acids is 1. The summed E-state index contributed by atoms with van der Waals surface area (Å²) in [6, 6.07) is 0.